The van der Waals surface area contributed by atoms with Gasteiger partial charge in [-0.15, -0.1) is 0 Å². The molecule has 0 aliphatic heterocycles. The number of rotatable bonds is 3. The summed E-state index contributed by atoms with van der Waals surface area (Å²) in [5, 5.41) is 0. The summed E-state index contributed by atoms with van der Waals surface area (Å²) >= 11 is 0. The first kappa shape index (κ1) is 18.0. The molecule has 0 spiro atoms. The quantitative estimate of drug-likeness (QED) is 0.793. The summed E-state index contributed by atoms with van der Waals surface area (Å²) in [5.74, 6) is -0.363. The number of methoxy groups -OCH3 is 1. The van der Waals surface area contributed by atoms with E-state index in [1.807, 2.05) is 32.0 Å². The maximum Gasteiger partial charge on any atom is 0.339 e. The van der Waals surface area contributed by atoms with Crippen molar-refractivity contribution in [1.82, 2.24) is 4.98 Å². The Bertz CT molecular complexity index is 741. The fourth-order valence-electron chi connectivity index (χ4n) is 2.59. The van der Waals surface area contributed by atoms with E-state index in [1.165, 1.54) is 12.7 Å². The minimum atomic E-state index is -0.363. The monoisotopic (exact) mass is 326 g/mol. The highest BCUT2D eigenvalue weighted by Crippen LogP contribution is 2.32. The number of pyridine rings is 1. The number of esters is 1. The first-order valence-electron chi connectivity index (χ1n) is 8.03. The number of aromatic nitrogens is 1. The molecule has 128 valence electrons. The van der Waals surface area contributed by atoms with Gasteiger partial charge >= 0.3 is 5.97 Å². The maximum absolute atomic E-state index is 11.9. The average molecular weight is 326 g/mol. The Hall–Kier alpha value is -2.36. The first-order valence-corrected chi connectivity index (χ1v) is 8.03. The summed E-state index contributed by atoms with van der Waals surface area (Å²) in [6, 6.07) is 10.3. The minimum absolute atomic E-state index is 0.112. The number of carbonyl (C=O) groups is 1. The Morgan fingerprint density at radius 1 is 1.12 bits per heavy atom. The molecule has 0 radical (unpaired) electrons. The smallest absolute Gasteiger partial charge is 0.339 e. The lowest BCUT2D eigenvalue weighted by molar-refractivity contribution is 0.0599. The second-order valence-electron chi connectivity index (χ2n) is 7.20. The van der Waals surface area contributed by atoms with Crippen LogP contribution in [0.15, 0.2) is 30.3 Å². The van der Waals surface area contributed by atoms with Crippen LogP contribution in [0.4, 0.5) is 5.69 Å². The van der Waals surface area contributed by atoms with Gasteiger partial charge in [-0.25, -0.2) is 4.79 Å². The molecule has 0 N–H and O–H groups in total. The van der Waals surface area contributed by atoms with Gasteiger partial charge in [0.05, 0.1) is 29.7 Å². The molecule has 0 amide bonds. The van der Waals surface area contributed by atoms with Crippen LogP contribution in [0.2, 0.25) is 0 Å². The zero-order valence-electron chi connectivity index (χ0n) is 15.6. The molecule has 0 unspecified atom stereocenters. The summed E-state index contributed by atoms with van der Waals surface area (Å²) in [7, 11) is 5.27. The Balaban J connectivity index is 2.57. The molecule has 1 heterocycles. The molecule has 0 aliphatic rings. The van der Waals surface area contributed by atoms with Crippen molar-refractivity contribution in [3.8, 4) is 11.3 Å². The van der Waals surface area contributed by atoms with E-state index in [1.54, 1.807) is 0 Å². The number of hydrogen-bond acceptors (Lipinski definition) is 4. The lowest BCUT2D eigenvalue weighted by atomic mass is 9.86. The van der Waals surface area contributed by atoms with Crippen molar-refractivity contribution < 1.29 is 9.53 Å². The molecule has 24 heavy (non-hydrogen) atoms. The molecule has 0 saturated carbocycles. The van der Waals surface area contributed by atoms with Crippen molar-refractivity contribution in [2.24, 2.45) is 0 Å². The van der Waals surface area contributed by atoms with Crippen molar-refractivity contribution in [2.75, 3.05) is 26.1 Å². The third-order valence-electron chi connectivity index (χ3n) is 4.10. The minimum Gasteiger partial charge on any atom is -0.465 e. The van der Waals surface area contributed by atoms with E-state index >= 15 is 0 Å². The van der Waals surface area contributed by atoms with Crippen LogP contribution < -0.4 is 4.90 Å². The molecule has 0 bridgehead atoms. The average Bonchev–Trinajstić information content (AvgIpc) is 2.53. The SMILES string of the molecule is COC(=O)c1cc(N(C)C)c(-c2ccc(C(C)(C)C)cc2)nc1C. The van der Waals surface area contributed by atoms with Crippen LogP contribution >= 0.6 is 0 Å². The lowest BCUT2D eigenvalue weighted by Crippen LogP contribution is -2.15. The fraction of sp³-hybridized carbons (Fsp3) is 0.400. The van der Waals surface area contributed by atoms with Gasteiger partial charge in [-0.3, -0.25) is 4.98 Å². The molecular formula is C20H26N2O2. The van der Waals surface area contributed by atoms with Crippen LogP contribution in [-0.2, 0) is 10.2 Å². The van der Waals surface area contributed by atoms with Crippen LogP contribution in [-0.4, -0.2) is 32.2 Å². The van der Waals surface area contributed by atoms with Gasteiger partial charge in [-0.1, -0.05) is 45.0 Å². The largest absolute Gasteiger partial charge is 0.465 e. The fourth-order valence-corrected chi connectivity index (χ4v) is 2.59. The van der Waals surface area contributed by atoms with Gasteiger partial charge in [-0.05, 0) is 24.0 Å². The van der Waals surface area contributed by atoms with Crippen molar-refractivity contribution in [1.29, 1.82) is 0 Å². The molecular weight excluding hydrogens is 300 g/mol. The van der Waals surface area contributed by atoms with Crippen LogP contribution in [0.1, 0.15) is 42.4 Å². The molecule has 2 rings (SSSR count). The van der Waals surface area contributed by atoms with Gasteiger partial charge in [-0.2, -0.15) is 0 Å². The second-order valence-corrected chi connectivity index (χ2v) is 7.20. The zero-order valence-corrected chi connectivity index (χ0v) is 15.6. The zero-order chi connectivity index (χ0) is 18.1. The van der Waals surface area contributed by atoms with Crippen LogP contribution in [0, 0.1) is 6.92 Å². The number of anilines is 1. The highest BCUT2D eigenvalue weighted by atomic mass is 16.5. The molecule has 1 aromatic heterocycles. The first-order chi connectivity index (χ1) is 11.1. The van der Waals surface area contributed by atoms with E-state index in [4.69, 9.17) is 4.74 Å². The van der Waals surface area contributed by atoms with E-state index in [0.29, 0.717) is 11.3 Å². The summed E-state index contributed by atoms with van der Waals surface area (Å²) in [6.45, 7) is 8.42. The summed E-state index contributed by atoms with van der Waals surface area (Å²) in [6.07, 6.45) is 0. The number of benzene rings is 1. The third kappa shape index (κ3) is 3.58. The number of hydrogen-bond donors (Lipinski definition) is 0. The Morgan fingerprint density at radius 3 is 2.17 bits per heavy atom. The van der Waals surface area contributed by atoms with Gasteiger partial charge in [0, 0.05) is 19.7 Å². The Kier molecular flexibility index (Phi) is 4.97. The second kappa shape index (κ2) is 6.63. The van der Waals surface area contributed by atoms with E-state index < -0.39 is 0 Å². The van der Waals surface area contributed by atoms with Gasteiger partial charge < -0.3 is 9.64 Å². The lowest BCUT2D eigenvalue weighted by Gasteiger charge is -2.21. The maximum atomic E-state index is 11.9. The molecule has 4 heteroatoms. The normalized spacial score (nSPS) is 11.3. The molecule has 0 atom stereocenters. The summed E-state index contributed by atoms with van der Waals surface area (Å²) < 4.78 is 4.85. The highest BCUT2D eigenvalue weighted by molar-refractivity contribution is 5.93. The summed E-state index contributed by atoms with van der Waals surface area (Å²) in [5.41, 5.74) is 5.35. The molecule has 0 aliphatic carbocycles. The molecule has 1 aromatic carbocycles. The third-order valence-corrected chi connectivity index (χ3v) is 4.10. The van der Waals surface area contributed by atoms with Crippen molar-refractivity contribution in [3.63, 3.8) is 0 Å². The van der Waals surface area contributed by atoms with Gasteiger partial charge in [0.15, 0.2) is 0 Å². The standard InChI is InChI=1S/C20H26N2O2/c1-13-16(19(23)24-7)12-17(22(5)6)18(21-13)14-8-10-15(11-9-14)20(2,3)4/h8-12H,1-7H3. The van der Waals surface area contributed by atoms with Crippen LogP contribution in [0.25, 0.3) is 11.3 Å². The van der Waals surface area contributed by atoms with Crippen LogP contribution in [0.3, 0.4) is 0 Å². The van der Waals surface area contributed by atoms with E-state index in [9.17, 15) is 4.79 Å². The summed E-state index contributed by atoms with van der Waals surface area (Å²) in [4.78, 5) is 18.6. The predicted molar refractivity (Wildman–Crippen MR) is 98.8 cm³/mol. The van der Waals surface area contributed by atoms with E-state index in [2.05, 4.69) is 50.0 Å². The Labute approximate surface area is 144 Å². The number of carbonyl (C=O) groups excluding carboxylic acids is 1. The number of ether oxygens (including phenoxy) is 1. The van der Waals surface area contributed by atoms with E-state index in [0.717, 1.165) is 16.9 Å². The van der Waals surface area contributed by atoms with Crippen molar-refractivity contribution in [2.45, 2.75) is 33.1 Å². The molecule has 4 nitrogen and oxygen atoms in total. The van der Waals surface area contributed by atoms with Crippen molar-refractivity contribution in [3.05, 3.63) is 47.2 Å². The highest BCUT2D eigenvalue weighted by Gasteiger charge is 2.18. The van der Waals surface area contributed by atoms with Gasteiger partial charge in [0.25, 0.3) is 0 Å². The van der Waals surface area contributed by atoms with Gasteiger partial charge in [0.1, 0.15) is 0 Å². The van der Waals surface area contributed by atoms with Gasteiger partial charge in [0.2, 0.25) is 0 Å². The van der Waals surface area contributed by atoms with Crippen molar-refractivity contribution >= 4 is 11.7 Å². The van der Waals surface area contributed by atoms with Crippen LogP contribution in [0.5, 0.6) is 0 Å². The Morgan fingerprint density at radius 2 is 1.71 bits per heavy atom. The molecule has 0 fully saturated rings. The molecule has 0 saturated heterocycles. The number of nitrogens with zero attached hydrogens (tertiary/aromatic N) is 2. The predicted octanol–water partition coefficient (Wildman–Crippen LogP) is 4.21. The number of aryl methyl sites for hydroxylation is 1. The topological polar surface area (TPSA) is 42.4 Å². The van der Waals surface area contributed by atoms with E-state index in [-0.39, 0.29) is 11.4 Å². The molecule has 2 aromatic rings.